The van der Waals surface area contributed by atoms with Gasteiger partial charge in [-0.1, -0.05) is 24.3 Å². The number of nitrogens with one attached hydrogen (secondary N) is 1. The number of piperazine rings is 1. The first kappa shape index (κ1) is 18.9. The van der Waals surface area contributed by atoms with Gasteiger partial charge in [0.1, 0.15) is 17.3 Å². The van der Waals surface area contributed by atoms with Crippen LogP contribution in [0.1, 0.15) is 0 Å². The van der Waals surface area contributed by atoms with Gasteiger partial charge < -0.3 is 24.6 Å². The molecule has 1 saturated heterocycles. The molecule has 2 heterocycles. The zero-order chi connectivity index (χ0) is 20.1. The summed E-state index contributed by atoms with van der Waals surface area (Å²) in [4.78, 5) is 13.7. The van der Waals surface area contributed by atoms with Crippen LogP contribution in [0.3, 0.4) is 0 Å². The Morgan fingerprint density at radius 2 is 1.45 bits per heavy atom. The number of ether oxygens (including phenoxy) is 2. The Bertz CT molecular complexity index is 957. The Hall–Kier alpha value is -3.48. The molecule has 0 bridgehead atoms. The topological polar surface area (TPSA) is 62.8 Å². The van der Waals surface area contributed by atoms with Crippen LogP contribution in [0, 0.1) is 0 Å². The molecule has 29 heavy (non-hydrogen) atoms. The van der Waals surface area contributed by atoms with Gasteiger partial charge in [0, 0.05) is 32.4 Å². The normalized spacial score (nSPS) is 13.9. The van der Waals surface area contributed by atoms with Crippen molar-refractivity contribution in [3.05, 3.63) is 60.8 Å². The Balaban J connectivity index is 1.45. The summed E-state index contributed by atoms with van der Waals surface area (Å²) in [5, 5.41) is 3.32. The van der Waals surface area contributed by atoms with E-state index in [1.807, 2.05) is 48.5 Å². The fraction of sp³-hybridized carbons (Fsp3) is 0.273. The number of anilines is 4. The Morgan fingerprint density at radius 1 is 0.793 bits per heavy atom. The molecule has 2 aromatic carbocycles. The monoisotopic (exact) mass is 391 g/mol. The van der Waals surface area contributed by atoms with Crippen molar-refractivity contribution in [2.24, 2.45) is 0 Å². The van der Waals surface area contributed by atoms with Gasteiger partial charge in [0.25, 0.3) is 0 Å². The molecule has 150 valence electrons. The summed E-state index contributed by atoms with van der Waals surface area (Å²) in [6.07, 6.45) is 1.78. The molecular formula is C22H25N5O2. The average molecular weight is 391 g/mol. The van der Waals surface area contributed by atoms with E-state index in [4.69, 9.17) is 14.5 Å². The number of rotatable bonds is 6. The lowest BCUT2D eigenvalue weighted by molar-refractivity contribution is 0.413. The fourth-order valence-electron chi connectivity index (χ4n) is 3.49. The molecule has 0 spiro atoms. The SMILES string of the molecule is COc1ccccc1Nc1ccnc(N2CCN(c3ccccc3OC)CC2)n1. The molecule has 0 unspecified atom stereocenters. The lowest BCUT2D eigenvalue weighted by atomic mass is 10.2. The molecule has 4 rings (SSSR count). The van der Waals surface area contributed by atoms with Crippen molar-refractivity contribution in [2.75, 3.05) is 55.5 Å². The predicted octanol–water partition coefficient (Wildman–Crippen LogP) is 3.56. The minimum Gasteiger partial charge on any atom is -0.495 e. The highest BCUT2D eigenvalue weighted by molar-refractivity contribution is 5.64. The van der Waals surface area contributed by atoms with E-state index >= 15 is 0 Å². The summed E-state index contributed by atoms with van der Waals surface area (Å²) >= 11 is 0. The maximum atomic E-state index is 5.50. The van der Waals surface area contributed by atoms with E-state index in [-0.39, 0.29) is 0 Å². The summed E-state index contributed by atoms with van der Waals surface area (Å²) in [5.74, 6) is 3.15. The molecule has 7 heteroatoms. The van der Waals surface area contributed by atoms with Crippen molar-refractivity contribution >= 4 is 23.1 Å². The smallest absolute Gasteiger partial charge is 0.227 e. The van der Waals surface area contributed by atoms with Crippen LogP contribution >= 0.6 is 0 Å². The van der Waals surface area contributed by atoms with Crippen LogP contribution in [0.4, 0.5) is 23.1 Å². The van der Waals surface area contributed by atoms with E-state index in [1.165, 1.54) is 0 Å². The molecule has 1 N–H and O–H groups in total. The minimum atomic E-state index is 0.726. The average Bonchev–Trinajstić information content (AvgIpc) is 2.80. The van der Waals surface area contributed by atoms with E-state index in [0.29, 0.717) is 0 Å². The molecule has 0 saturated carbocycles. The zero-order valence-electron chi connectivity index (χ0n) is 16.7. The van der Waals surface area contributed by atoms with E-state index < -0.39 is 0 Å². The number of benzene rings is 2. The summed E-state index contributed by atoms with van der Waals surface area (Å²) in [7, 11) is 3.37. The lowest BCUT2D eigenvalue weighted by Gasteiger charge is -2.36. The van der Waals surface area contributed by atoms with Crippen molar-refractivity contribution in [3.8, 4) is 11.5 Å². The lowest BCUT2D eigenvalue weighted by Crippen LogP contribution is -2.47. The molecule has 1 aliphatic rings. The molecule has 0 atom stereocenters. The first-order valence-electron chi connectivity index (χ1n) is 9.64. The second kappa shape index (κ2) is 8.68. The number of nitrogens with zero attached hydrogens (tertiary/aromatic N) is 4. The quantitative estimate of drug-likeness (QED) is 0.689. The maximum Gasteiger partial charge on any atom is 0.227 e. The van der Waals surface area contributed by atoms with E-state index in [2.05, 4.69) is 26.2 Å². The molecule has 0 radical (unpaired) electrons. The van der Waals surface area contributed by atoms with Crippen molar-refractivity contribution in [3.63, 3.8) is 0 Å². The third-order valence-corrected chi connectivity index (χ3v) is 5.00. The maximum absolute atomic E-state index is 5.50. The Morgan fingerprint density at radius 3 is 2.21 bits per heavy atom. The van der Waals surface area contributed by atoms with Gasteiger partial charge in [-0.3, -0.25) is 0 Å². The van der Waals surface area contributed by atoms with Gasteiger partial charge >= 0.3 is 0 Å². The largest absolute Gasteiger partial charge is 0.495 e. The van der Waals surface area contributed by atoms with Gasteiger partial charge in [0.15, 0.2) is 0 Å². The third kappa shape index (κ3) is 4.18. The van der Waals surface area contributed by atoms with Gasteiger partial charge in [-0.15, -0.1) is 0 Å². The highest BCUT2D eigenvalue weighted by Crippen LogP contribution is 2.29. The number of hydrogen-bond acceptors (Lipinski definition) is 7. The van der Waals surface area contributed by atoms with Crippen LogP contribution in [-0.4, -0.2) is 50.4 Å². The van der Waals surface area contributed by atoms with Crippen LogP contribution < -0.4 is 24.6 Å². The van der Waals surface area contributed by atoms with Gasteiger partial charge in [-0.05, 0) is 30.3 Å². The number of methoxy groups -OCH3 is 2. The Kier molecular flexibility index (Phi) is 5.65. The molecule has 3 aromatic rings. The second-order valence-electron chi connectivity index (χ2n) is 6.71. The summed E-state index contributed by atoms with van der Waals surface area (Å²) < 4.78 is 10.9. The predicted molar refractivity (Wildman–Crippen MR) is 116 cm³/mol. The standard InChI is InChI=1S/C22H25N5O2/c1-28-19-9-5-3-7-17(19)24-21-11-12-23-22(25-21)27-15-13-26(14-16-27)18-8-4-6-10-20(18)29-2/h3-12H,13-16H2,1-2H3,(H,23,24,25). The van der Waals surface area contributed by atoms with E-state index in [0.717, 1.165) is 60.8 Å². The summed E-state index contributed by atoms with van der Waals surface area (Å²) in [5.41, 5.74) is 2.00. The molecule has 1 aromatic heterocycles. The van der Waals surface area contributed by atoms with Crippen LogP contribution in [0.25, 0.3) is 0 Å². The van der Waals surface area contributed by atoms with Gasteiger partial charge in [-0.25, -0.2) is 4.98 Å². The molecule has 0 aliphatic carbocycles. The first-order valence-corrected chi connectivity index (χ1v) is 9.64. The van der Waals surface area contributed by atoms with E-state index in [9.17, 15) is 0 Å². The third-order valence-electron chi connectivity index (χ3n) is 5.00. The minimum absolute atomic E-state index is 0.726. The number of hydrogen-bond donors (Lipinski definition) is 1. The highest BCUT2D eigenvalue weighted by Gasteiger charge is 2.21. The van der Waals surface area contributed by atoms with Crippen LogP contribution in [-0.2, 0) is 0 Å². The van der Waals surface area contributed by atoms with Crippen LogP contribution in [0.2, 0.25) is 0 Å². The van der Waals surface area contributed by atoms with Crippen LogP contribution in [0.15, 0.2) is 60.8 Å². The Labute approximate surface area is 170 Å². The molecular weight excluding hydrogens is 366 g/mol. The van der Waals surface area contributed by atoms with E-state index in [1.54, 1.807) is 20.4 Å². The van der Waals surface area contributed by atoms with Crippen LogP contribution in [0.5, 0.6) is 11.5 Å². The van der Waals surface area contributed by atoms with Crippen molar-refractivity contribution < 1.29 is 9.47 Å². The molecule has 1 fully saturated rings. The van der Waals surface area contributed by atoms with Crippen molar-refractivity contribution in [2.45, 2.75) is 0 Å². The number of para-hydroxylation sites is 4. The van der Waals surface area contributed by atoms with Gasteiger partial charge in [-0.2, -0.15) is 4.98 Å². The molecule has 1 aliphatic heterocycles. The molecule has 7 nitrogen and oxygen atoms in total. The summed E-state index contributed by atoms with van der Waals surface area (Å²) in [6, 6.07) is 17.8. The van der Waals surface area contributed by atoms with Crippen molar-refractivity contribution in [1.82, 2.24) is 9.97 Å². The first-order chi connectivity index (χ1) is 14.3. The number of aromatic nitrogens is 2. The fourth-order valence-corrected chi connectivity index (χ4v) is 3.49. The summed E-state index contributed by atoms with van der Waals surface area (Å²) in [6.45, 7) is 3.45. The van der Waals surface area contributed by atoms with Crippen molar-refractivity contribution in [1.29, 1.82) is 0 Å². The highest BCUT2D eigenvalue weighted by atomic mass is 16.5. The van der Waals surface area contributed by atoms with Gasteiger partial charge in [0.2, 0.25) is 5.95 Å². The zero-order valence-corrected chi connectivity index (χ0v) is 16.7. The van der Waals surface area contributed by atoms with Gasteiger partial charge in [0.05, 0.1) is 25.6 Å². The molecule has 0 amide bonds. The second-order valence-corrected chi connectivity index (χ2v) is 6.71.